The molecule has 0 radical (unpaired) electrons. The molecule has 0 saturated heterocycles. The molecule has 1 aromatic carbocycles. The molecule has 3 rings (SSSR count). The lowest BCUT2D eigenvalue weighted by Gasteiger charge is -2.27. The van der Waals surface area contributed by atoms with Gasteiger partial charge in [-0.15, -0.1) is 11.3 Å². The Morgan fingerprint density at radius 2 is 2.00 bits per heavy atom. The van der Waals surface area contributed by atoms with Gasteiger partial charge in [-0.05, 0) is 38.8 Å². The summed E-state index contributed by atoms with van der Waals surface area (Å²) in [5.41, 5.74) is -0.0193. The molecular weight excluding hydrogens is 336 g/mol. The fourth-order valence-electron chi connectivity index (χ4n) is 2.94. The van der Waals surface area contributed by atoms with Crippen LogP contribution in [0.25, 0.3) is 10.2 Å². The van der Waals surface area contributed by atoms with E-state index in [0.717, 1.165) is 21.6 Å². The van der Waals surface area contributed by atoms with Gasteiger partial charge in [-0.1, -0.05) is 24.3 Å². The summed E-state index contributed by atoms with van der Waals surface area (Å²) in [4.78, 5) is 28.6. The van der Waals surface area contributed by atoms with Crippen molar-refractivity contribution < 1.29 is 14.7 Å². The van der Waals surface area contributed by atoms with E-state index in [4.69, 9.17) is 4.98 Å². The number of amides is 1. The number of benzene rings is 1. The first-order valence-electron chi connectivity index (χ1n) is 8.40. The van der Waals surface area contributed by atoms with E-state index in [1.807, 2.05) is 30.3 Å². The molecule has 0 saturated carbocycles. The average molecular weight is 358 g/mol. The number of hydrogen-bond acceptors (Lipinski definition) is 4. The standard InChI is InChI=1S/C19H22N2O3S/c1-19(2,18(23)24)11-20-16(22)12-7-3-4-8-13(12)17-21-14-9-5-6-10-15(14)25-17/h3-6,9-10,12-13H,7-8,11H2,1-2H3,(H,20,22)(H,23,24). The lowest BCUT2D eigenvalue weighted by Crippen LogP contribution is -2.42. The molecule has 0 spiro atoms. The first-order chi connectivity index (χ1) is 11.9. The van der Waals surface area contributed by atoms with Crippen molar-refractivity contribution in [3.05, 3.63) is 41.4 Å². The fraction of sp³-hybridized carbons (Fsp3) is 0.421. The zero-order valence-corrected chi connectivity index (χ0v) is 15.2. The summed E-state index contributed by atoms with van der Waals surface area (Å²) in [7, 11) is 0. The Labute approximate surface area is 150 Å². The van der Waals surface area contributed by atoms with Crippen LogP contribution in [0.5, 0.6) is 0 Å². The van der Waals surface area contributed by atoms with Crippen molar-refractivity contribution in [2.45, 2.75) is 32.6 Å². The second kappa shape index (κ2) is 6.96. The number of thiazole rings is 1. The van der Waals surface area contributed by atoms with Crippen molar-refractivity contribution in [2.75, 3.05) is 6.54 Å². The molecule has 2 unspecified atom stereocenters. The van der Waals surface area contributed by atoms with E-state index in [9.17, 15) is 14.7 Å². The minimum atomic E-state index is -0.981. The summed E-state index contributed by atoms with van der Waals surface area (Å²) in [5, 5.41) is 13.0. The SMILES string of the molecule is CC(C)(CNC(=O)C1CC=CCC1c1nc2ccccc2s1)C(=O)O. The van der Waals surface area contributed by atoms with Gasteiger partial charge in [0.25, 0.3) is 0 Å². The van der Waals surface area contributed by atoms with Crippen LogP contribution in [-0.2, 0) is 9.59 Å². The summed E-state index contributed by atoms with van der Waals surface area (Å²) < 4.78 is 1.12. The Morgan fingerprint density at radius 3 is 2.72 bits per heavy atom. The molecule has 1 heterocycles. The number of aliphatic carboxylic acids is 1. The highest BCUT2D eigenvalue weighted by Gasteiger charge is 2.34. The number of carbonyl (C=O) groups excluding carboxylic acids is 1. The summed E-state index contributed by atoms with van der Waals surface area (Å²) in [6.45, 7) is 3.34. The first-order valence-corrected chi connectivity index (χ1v) is 9.22. The predicted molar refractivity (Wildman–Crippen MR) is 98.7 cm³/mol. The normalized spacial score (nSPS) is 20.6. The molecule has 0 aliphatic heterocycles. The zero-order valence-electron chi connectivity index (χ0n) is 14.4. The number of para-hydroxylation sites is 1. The van der Waals surface area contributed by atoms with E-state index in [1.165, 1.54) is 0 Å². The van der Waals surface area contributed by atoms with Gasteiger partial charge in [0.2, 0.25) is 5.91 Å². The van der Waals surface area contributed by atoms with Gasteiger partial charge in [-0.3, -0.25) is 9.59 Å². The quantitative estimate of drug-likeness (QED) is 0.801. The molecule has 2 atom stereocenters. The van der Waals surface area contributed by atoms with Crippen molar-refractivity contribution in [2.24, 2.45) is 11.3 Å². The highest BCUT2D eigenvalue weighted by Crippen LogP contribution is 2.38. The van der Waals surface area contributed by atoms with Gasteiger partial charge >= 0.3 is 5.97 Å². The second-order valence-electron chi connectivity index (χ2n) is 7.08. The van der Waals surface area contributed by atoms with Crippen molar-refractivity contribution in [1.82, 2.24) is 10.3 Å². The largest absolute Gasteiger partial charge is 0.481 e. The van der Waals surface area contributed by atoms with Crippen molar-refractivity contribution in [1.29, 1.82) is 0 Å². The van der Waals surface area contributed by atoms with Gasteiger partial charge in [0.05, 0.1) is 26.6 Å². The van der Waals surface area contributed by atoms with Gasteiger partial charge in [-0.2, -0.15) is 0 Å². The molecule has 2 N–H and O–H groups in total. The summed E-state index contributed by atoms with van der Waals surface area (Å²) >= 11 is 1.63. The Bertz CT molecular complexity index is 792. The first kappa shape index (κ1) is 17.6. The second-order valence-corrected chi connectivity index (χ2v) is 8.14. The van der Waals surface area contributed by atoms with Gasteiger partial charge in [0.1, 0.15) is 0 Å². The highest BCUT2D eigenvalue weighted by molar-refractivity contribution is 7.18. The van der Waals surface area contributed by atoms with Crippen LogP contribution >= 0.6 is 11.3 Å². The van der Waals surface area contributed by atoms with E-state index in [1.54, 1.807) is 25.2 Å². The maximum atomic E-state index is 12.7. The van der Waals surface area contributed by atoms with Crippen LogP contribution in [0, 0.1) is 11.3 Å². The van der Waals surface area contributed by atoms with Crippen LogP contribution in [0.15, 0.2) is 36.4 Å². The summed E-state index contributed by atoms with van der Waals surface area (Å²) in [5.74, 6) is -1.19. The Balaban J connectivity index is 1.78. The summed E-state index contributed by atoms with van der Waals surface area (Å²) in [6, 6.07) is 7.98. The molecule has 2 aromatic rings. The molecule has 1 aromatic heterocycles. The van der Waals surface area contributed by atoms with E-state index in [0.29, 0.717) is 6.42 Å². The highest BCUT2D eigenvalue weighted by atomic mass is 32.1. The minimum absolute atomic E-state index is 0.0374. The number of allylic oxidation sites excluding steroid dienone is 2. The van der Waals surface area contributed by atoms with Crippen LogP contribution in [0.3, 0.4) is 0 Å². The molecule has 6 heteroatoms. The van der Waals surface area contributed by atoms with Gasteiger partial charge < -0.3 is 10.4 Å². The van der Waals surface area contributed by atoms with Crippen LogP contribution < -0.4 is 5.32 Å². The number of nitrogens with zero attached hydrogens (tertiary/aromatic N) is 1. The molecular formula is C19H22N2O3S. The molecule has 25 heavy (non-hydrogen) atoms. The minimum Gasteiger partial charge on any atom is -0.481 e. The maximum Gasteiger partial charge on any atom is 0.310 e. The Morgan fingerprint density at radius 1 is 1.28 bits per heavy atom. The number of carbonyl (C=O) groups is 2. The lowest BCUT2D eigenvalue weighted by molar-refractivity contribution is -0.146. The molecule has 132 valence electrons. The molecule has 5 nitrogen and oxygen atoms in total. The van der Waals surface area contributed by atoms with E-state index in [-0.39, 0.29) is 24.3 Å². The van der Waals surface area contributed by atoms with E-state index >= 15 is 0 Å². The monoisotopic (exact) mass is 358 g/mol. The number of fused-ring (bicyclic) bond motifs is 1. The van der Waals surface area contributed by atoms with Crippen LogP contribution in [0.2, 0.25) is 0 Å². The molecule has 0 fully saturated rings. The number of hydrogen-bond donors (Lipinski definition) is 2. The van der Waals surface area contributed by atoms with Crippen molar-refractivity contribution in [3.63, 3.8) is 0 Å². The van der Waals surface area contributed by atoms with E-state index < -0.39 is 11.4 Å². The number of nitrogens with one attached hydrogen (secondary N) is 1. The fourth-order valence-corrected chi connectivity index (χ4v) is 4.09. The smallest absolute Gasteiger partial charge is 0.310 e. The number of aromatic nitrogens is 1. The number of rotatable bonds is 5. The maximum absolute atomic E-state index is 12.7. The third kappa shape index (κ3) is 3.74. The molecule has 1 aliphatic rings. The topological polar surface area (TPSA) is 79.3 Å². The number of carboxylic acids is 1. The average Bonchev–Trinajstić information content (AvgIpc) is 3.03. The predicted octanol–water partition coefficient (Wildman–Crippen LogP) is 3.57. The van der Waals surface area contributed by atoms with Crippen molar-refractivity contribution >= 4 is 33.4 Å². The van der Waals surface area contributed by atoms with Gasteiger partial charge in [-0.25, -0.2) is 4.98 Å². The van der Waals surface area contributed by atoms with Gasteiger partial charge in [0, 0.05) is 12.5 Å². The molecule has 1 amide bonds. The summed E-state index contributed by atoms with van der Waals surface area (Å²) in [6.07, 6.45) is 5.55. The Kier molecular flexibility index (Phi) is 4.90. The Hall–Kier alpha value is -2.21. The molecule has 1 aliphatic carbocycles. The number of carboxylic acid groups (broad SMARTS) is 1. The van der Waals surface area contributed by atoms with Crippen LogP contribution in [0.1, 0.15) is 37.6 Å². The lowest BCUT2D eigenvalue weighted by atomic mass is 9.82. The van der Waals surface area contributed by atoms with Crippen LogP contribution in [0.4, 0.5) is 0 Å². The van der Waals surface area contributed by atoms with Gasteiger partial charge in [0.15, 0.2) is 0 Å². The van der Waals surface area contributed by atoms with Crippen LogP contribution in [-0.4, -0.2) is 28.5 Å². The third-order valence-electron chi connectivity index (χ3n) is 4.68. The van der Waals surface area contributed by atoms with E-state index in [2.05, 4.69) is 11.4 Å². The molecule has 0 bridgehead atoms. The van der Waals surface area contributed by atoms with Crippen molar-refractivity contribution in [3.8, 4) is 0 Å². The third-order valence-corrected chi connectivity index (χ3v) is 5.85. The zero-order chi connectivity index (χ0) is 18.0.